The van der Waals surface area contributed by atoms with Crippen molar-refractivity contribution in [3.63, 3.8) is 0 Å². The summed E-state index contributed by atoms with van der Waals surface area (Å²) in [5.41, 5.74) is 0.420. The lowest BCUT2D eigenvalue weighted by Gasteiger charge is -2.14. The number of phenols is 1. The summed E-state index contributed by atoms with van der Waals surface area (Å²) in [6, 6.07) is 10.4. The largest absolute Gasteiger partial charge is 0.506 e. The molecule has 0 bridgehead atoms. The number of carbonyl (C=O) groups is 2. The Balaban J connectivity index is 1.70. The Bertz CT molecular complexity index is 1090. The number of hydrogen-bond donors (Lipinski definition) is 2. The van der Waals surface area contributed by atoms with E-state index in [1.165, 1.54) is 6.07 Å². The van der Waals surface area contributed by atoms with Gasteiger partial charge >= 0.3 is 0 Å². The average molecular weight is 445 g/mol. The van der Waals surface area contributed by atoms with E-state index in [1.54, 1.807) is 37.5 Å². The maximum Gasteiger partial charge on any atom is 0.273 e. The van der Waals surface area contributed by atoms with E-state index in [9.17, 15) is 24.8 Å². The van der Waals surface area contributed by atoms with Gasteiger partial charge < -0.3 is 15.2 Å². The molecule has 1 aliphatic rings. The molecular weight excluding hydrogens is 430 g/mol. The van der Waals surface area contributed by atoms with Gasteiger partial charge in [0.25, 0.3) is 11.6 Å². The number of ether oxygens (including phenoxy) is 1. The number of nitrogens with one attached hydrogen (secondary N) is 1. The highest BCUT2D eigenvalue weighted by atomic mass is 32.2. The van der Waals surface area contributed by atoms with E-state index in [0.29, 0.717) is 10.7 Å². The number of nitro benzene ring substituents is 1. The van der Waals surface area contributed by atoms with E-state index in [-0.39, 0.29) is 22.2 Å². The molecule has 1 saturated heterocycles. The van der Waals surface area contributed by atoms with Crippen molar-refractivity contribution in [2.75, 3.05) is 19.0 Å². The van der Waals surface area contributed by atoms with Gasteiger partial charge in [0.1, 0.15) is 22.4 Å². The second kappa shape index (κ2) is 8.93. The number of thiocarbonyl (C=S) groups is 1. The minimum absolute atomic E-state index is 0.0111. The van der Waals surface area contributed by atoms with Gasteiger partial charge in [0, 0.05) is 6.07 Å². The molecule has 0 atom stereocenters. The van der Waals surface area contributed by atoms with Crippen molar-refractivity contribution in [2.24, 2.45) is 0 Å². The highest BCUT2D eigenvalue weighted by molar-refractivity contribution is 8.26. The zero-order valence-electron chi connectivity index (χ0n) is 15.5. The number of non-ortho nitro benzene ring substituents is 1. The molecule has 0 aromatic heterocycles. The molecule has 0 radical (unpaired) electrons. The van der Waals surface area contributed by atoms with Gasteiger partial charge in [-0.3, -0.25) is 24.6 Å². The third-order valence-corrected chi connectivity index (χ3v) is 5.41. The smallest absolute Gasteiger partial charge is 0.273 e. The van der Waals surface area contributed by atoms with Gasteiger partial charge in [-0.05, 0) is 29.8 Å². The number of benzene rings is 2. The lowest BCUT2D eigenvalue weighted by molar-refractivity contribution is -0.384. The van der Waals surface area contributed by atoms with Gasteiger partial charge in [-0.15, -0.1) is 0 Å². The van der Waals surface area contributed by atoms with Crippen LogP contribution >= 0.6 is 24.0 Å². The predicted molar refractivity (Wildman–Crippen MR) is 116 cm³/mol. The molecule has 1 fully saturated rings. The van der Waals surface area contributed by atoms with Gasteiger partial charge in [-0.2, -0.15) is 0 Å². The normalized spacial score (nSPS) is 14.8. The van der Waals surface area contributed by atoms with Crippen LogP contribution in [0.1, 0.15) is 5.56 Å². The Morgan fingerprint density at radius 2 is 2.13 bits per heavy atom. The minimum Gasteiger partial charge on any atom is -0.506 e. The lowest BCUT2D eigenvalue weighted by Crippen LogP contribution is -2.36. The van der Waals surface area contributed by atoms with Crippen LogP contribution in [0.15, 0.2) is 47.4 Å². The van der Waals surface area contributed by atoms with Crippen LogP contribution in [0.2, 0.25) is 0 Å². The van der Waals surface area contributed by atoms with Crippen molar-refractivity contribution < 1.29 is 24.4 Å². The van der Waals surface area contributed by atoms with Crippen molar-refractivity contribution in [3.05, 3.63) is 63.0 Å². The highest BCUT2D eigenvalue weighted by Crippen LogP contribution is 2.33. The van der Waals surface area contributed by atoms with Gasteiger partial charge in [0.2, 0.25) is 5.91 Å². The van der Waals surface area contributed by atoms with Crippen molar-refractivity contribution in [3.8, 4) is 11.5 Å². The molecule has 9 nitrogen and oxygen atoms in total. The molecule has 154 valence electrons. The van der Waals surface area contributed by atoms with Crippen molar-refractivity contribution >= 4 is 57.6 Å². The second-order valence-corrected chi connectivity index (χ2v) is 7.73. The third-order valence-electron chi connectivity index (χ3n) is 4.03. The number of phenolic OH excluding ortho intramolecular Hbond substituents is 1. The number of amides is 2. The number of nitrogens with zero attached hydrogens (tertiary/aromatic N) is 2. The number of rotatable bonds is 6. The SMILES string of the molecule is COc1cccc(/C=C2\SC(=S)N(CC(=O)Nc3ccc([N+](=O)[O-])cc3O)C2=O)c1. The number of anilines is 1. The molecule has 11 heteroatoms. The average Bonchev–Trinajstić information content (AvgIpc) is 2.96. The van der Waals surface area contributed by atoms with Gasteiger partial charge in [-0.1, -0.05) is 36.1 Å². The third kappa shape index (κ3) is 4.75. The Morgan fingerprint density at radius 1 is 1.37 bits per heavy atom. The van der Waals surface area contributed by atoms with E-state index < -0.39 is 22.5 Å². The van der Waals surface area contributed by atoms with Crippen LogP contribution in [0, 0.1) is 10.1 Å². The predicted octanol–water partition coefficient (Wildman–Crippen LogP) is 3.15. The van der Waals surface area contributed by atoms with Crippen LogP contribution in [-0.4, -0.2) is 44.7 Å². The summed E-state index contributed by atoms with van der Waals surface area (Å²) >= 11 is 6.28. The van der Waals surface area contributed by atoms with E-state index in [1.807, 2.05) is 0 Å². The lowest BCUT2D eigenvalue weighted by atomic mass is 10.2. The monoisotopic (exact) mass is 445 g/mol. The van der Waals surface area contributed by atoms with Crippen LogP contribution in [0.25, 0.3) is 6.08 Å². The van der Waals surface area contributed by atoms with Gasteiger partial charge in [0.05, 0.1) is 28.7 Å². The number of carbonyl (C=O) groups excluding carboxylic acids is 2. The topological polar surface area (TPSA) is 122 Å². The summed E-state index contributed by atoms with van der Waals surface area (Å²) in [5, 5.41) is 23.0. The maximum absolute atomic E-state index is 12.7. The number of aromatic hydroxyl groups is 1. The molecule has 0 spiro atoms. The van der Waals surface area contributed by atoms with E-state index in [4.69, 9.17) is 17.0 Å². The number of nitro groups is 1. The highest BCUT2D eigenvalue weighted by Gasteiger charge is 2.33. The zero-order chi connectivity index (χ0) is 21.8. The van der Waals surface area contributed by atoms with Crippen LogP contribution < -0.4 is 10.1 Å². The molecule has 3 rings (SSSR count). The molecule has 0 saturated carbocycles. The Labute approximate surface area is 180 Å². The van der Waals surface area contributed by atoms with Crippen LogP contribution in [0.3, 0.4) is 0 Å². The Morgan fingerprint density at radius 3 is 2.80 bits per heavy atom. The Kier molecular flexibility index (Phi) is 6.33. The fourth-order valence-electron chi connectivity index (χ4n) is 2.59. The molecule has 2 aromatic carbocycles. The quantitative estimate of drug-likeness (QED) is 0.229. The van der Waals surface area contributed by atoms with Crippen LogP contribution in [0.4, 0.5) is 11.4 Å². The van der Waals surface area contributed by atoms with E-state index in [2.05, 4.69) is 5.32 Å². The zero-order valence-corrected chi connectivity index (χ0v) is 17.2. The van der Waals surface area contributed by atoms with Crippen molar-refractivity contribution in [1.29, 1.82) is 0 Å². The molecular formula is C19H15N3O6S2. The molecule has 0 unspecified atom stereocenters. The molecule has 2 aromatic rings. The number of methoxy groups -OCH3 is 1. The summed E-state index contributed by atoms with van der Waals surface area (Å²) < 4.78 is 5.38. The fraction of sp³-hybridized carbons (Fsp3) is 0.105. The van der Waals surface area contributed by atoms with Crippen LogP contribution in [-0.2, 0) is 9.59 Å². The molecule has 0 aliphatic carbocycles. The van der Waals surface area contributed by atoms with Crippen molar-refractivity contribution in [1.82, 2.24) is 4.90 Å². The second-order valence-electron chi connectivity index (χ2n) is 6.05. The summed E-state index contributed by atoms with van der Waals surface area (Å²) in [6.45, 7) is -0.365. The minimum atomic E-state index is -0.667. The first-order valence-corrected chi connectivity index (χ1v) is 9.67. The summed E-state index contributed by atoms with van der Waals surface area (Å²) in [5.74, 6) is -0.851. The van der Waals surface area contributed by atoms with Gasteiger partial charge in [-0.25, -0.2) is 0 Å². The fourth-order valence-corrected chi connectivity index (χ4v) is 3.85. The summed E-state index contributed by atoms with van der Waals surface area (Å²) in [4.78, 5) is 36.5. The Hall–Kier alpha value is -3.44. The molecule has 30 heavy (non-hydrogen) atoms. The first kappa shape index (κ1) is 21.3. The van der Waals surface area contributed by atoms with E-state index in [0.717, 1.165) is 34.4 Å². The van der Waals surface area contributed by atoms with Crippen molar-refractivity contribution in [2.45, 2.75) is 0 Å². The molecule has 1 aliphatic heterocycles. The number of hydrogen-bond acceptors (Lipinski definition) is 8. The summed E-state index contributed by atoms with van der Waals surface area (Å²) in [7, 11) is 1.54. The first-order chi connectivity index (χ1) is 14.3. The van der Waals surface area contributed by atoms with E-state index >= 15 is 0 Å². The first-order valence-electron chi connectivity index (χ1n) is 8.45. The van der Waals surface area contributed by atoms with Gasteiger partial charge in [0.15, 0.2) is 0 Å². The molecule has 2 amide bonds. The summed E-state index contributed by atoms with van der Waals surface area (Å²) in [6.07, 6.45) is 1.65. The maximum atomic E-state index is 12.7. The standard InChI is InChI=1S/C19H15N3O6S2/c1-28-13-4-2-3-11(7-13)8-16-18(25)21(19(29)30-16)10-17(24)20-14-6-5-12(22(26)27)9-15(14)23/h2-9,23H,10H2,1H3,(H,20,24)/b16-8-. The molecule has 1 heterocycles. The number of thioether (sulfide) groups is 1. The molecule has 2 N–H and O–H groups in total. The van der Waals surface area contributed by atoms with Crippen LogP contribution in [0.5, 0.6) is 11.5 Å².